The highest BCUT2D eigenvalue weighted by atomic mass is 16.5. The van der Waals surface area contributed by atoms with Crippen molar-refractivity contribution in [2.45, 2.75) is 25.0 Å². The van der Waals surface area contributed by atoms with E-state index in [9.17, 15) is 14.4 Å². The van der Waals surface area contributed by atoms with E-state index in [4.69, 9.17) is 20.7 Å². The lowest BCUT2D eigenvalue weighted by molar-refractivity contribution is -0.162. The van der Waals surface area contributed by atoms with E-state index in [0.29, 0.717) is 5.56 Å². The van der Waals surface area contributed by atoms with E-state index in [2.05, 4.69) is 0 Å². The molecule has 0 aromatic heterocycles. The second-order valence-corrected chi connectivity index (χ2v) is 4.23. The quantitative estimate of drug-likeness (QED) is 0.487. The van der Waals surface area contributed by atoms with Crippen LogP contribution in [0.3, 0.4) is 0 Å². The fraction of sp³-hybridized carbons (Fsp3) is 0.308. The number of carbonyl (C=O) groups is 3. The first-order valence-corrected chi connectivity index (χ1v) is 5.81. The molecule has 108 valence electrons. The number of hydrogen-bond donors (Lipinski definition) is 3. The van der Waals surface area contributed by atoms with Crippen LogP contribution in [-0.4, -0.2) is 33.7 Å². The minimum atomic E-state index is -2.35. The number of carboxylic acid groups (broad SMARTS) is 2. The van der Waals surface area contributed by atoms with Crippen molar-refractivity contribution in [1.82, 2.24) is 0 Å². The van der Waals surface area contributed by atoms with Gasteiger partial charge in [0.25, 0.3) is 0 Å². The zero-order valence-corrected chi connectivity index (χ0v) is 10.6. The maximum atomic E-state index is 11.8. The maximum absolute atomic E-state index is 11.8. The van der Waals surface area contributed by atoms with Crippen molar-refractivity contribution >= 4 is 17.9 Å². The first-order chi connectivity index (χ1) is 9.36. The summed E-state index contributed by atoms with van der Waals surface area (Å²) in [6.45, 7) is -0.126. The lowest BCUT2D eigenvalue weighted by Gasteiger charge is -2.21. The topological polar surface area (TPSA) is 127 Å². The minimum Gasteiger partial charge on any atom is -0.481 e. The number of carbonyl (C=O) groups excluding carboxylic acids is 1. The van der Waals surface area contributed by atoms with Gasteiger partial charge < -0.3 is 20.7 Å². The van der Waals surface area contributed by atoms with Crippen LogP contribution in [0.4, 0.5) is 0 Å². The summed E-state index contributed by atoms with van der Waals surface area (Å²) < 4.78 is 4.85. The average molecular weight is 281 g/mol. The average Bonchev–Trinajstić information content (AvgIpc) is 2.42. The molecule has 20 heavy (non-hydrogen) atoms. The molecule has 0 saturated carbocycles. The molecule has 1 aromatic carbocycles. The molecule has 7 nitrogen and oxygen atoms in total. The van der Waals surface area contributed by atoms with Gasteiger partial charge in [-0.05, 0) is 12.0 Å². The summed E-state index contributed by atoms with van der Waals surface area (Å²) >= 11 is 0. The van der Waals surface area contributed by atoms with Crippen LogP contribution < -0.4 is 5.73 Å². The number of aliphatic carboxylic acids is 2. The summed E-state index contributed by atoms with van der Waals surface area (Å²) in [6.07, 6.45) is -1.07. The zero-order valence-electron chi connectivity index (χ0n) is 10.6. The molecular formula is C13H15NO6. The molecule has 1 aromatic rings. The Morgan fingerprint density at radius 1 is 1.15 bits per heavy atom. The normalized spacial score (nSPS) is 13.2. The Balaban J connectivity index is 2.69. The highest BCUT2D eigenvalue weighted by Gasteiger charge is 2.44. The van der Waals surface area contributed by atoms with Crippen LogP contribution in [0.2, 0.25) is 0 Å². The zero-order chi connectivity index (χ0) is 15.2. The van der Waals surface area contributed by atoms with Crippen molar-refractivity contribution in [3.63, 3.8) is 0 Å². The number of carboxylic acids is 2. The third-order valence-electron chi connectivity index (χ3n) is 2.69. The van der Waals surface area contributed by atoms with Crippen molar-refractivity contribution in [2.75, 3.05) is 0 Å². The summed E-state index contributed by atoms with van der Waals surface area (Å²) in [5, 5.41) is 17.5. The van der Waals surface area contributed by atoms with Gasteiger partial charge >= 0.3 is 17.9 Å². The van der Waals surface area contributed by atoms with Crippen LogP contribution in [0.5, 0.6) is 0 Å². The molecule has 0 aliphatic heterocycles. The summed E-state index contributed by atoms with van der Waals surface area (Å²) in [6, 6.07) is 8.65. The van der Waals surface area contributed by atoms with Crippen LogP contribution in [0.15, 0.2) is 30.3 Å². The summed E-state index contributed by atoms with van der Waals surface area (Å²) in [5.41, 5.74) is 3.78. The Hall–Kier alpha value is -2.41. The maximum Gasteiger partial charge on any atom is 0.338 e. The summed E-state index contributed by atoms with van der Waals surface area (Å²) in [7, 11) is 0. The molecule has 1 rings (SSSR count). The first-order valence-electron chi connectivity index (χ1n) is 5.81. The highest BCUT2D eigenvalue weighted by molar-refractivity contribution is 6.04. The van der Waals surface area contributed by atoms with Crippen molar-refractivity contribution in [3.05, 3.63) is 35.9 Å². The highest BCUT2D eigenvalue weighted by Crippen LogP contribution is 2.14. The third-order valence-corrected chi connectivity index (χ3v) is 2.69. The third kappa shape index (κ3) is 4.06. The fourth-order valence-corrected chi connectivity index (χ4v) is 1.45. The van der Waals surface area contributed by atoms with Gasteiger partial charge in [0.1, 0.15) is 6.61 Å². The Morgan fingerprint density at radius 3 is 2.25 bits per heavy atom. The van der Waals surface area contributed by atoms with Crippen LogP contribution >= 0.6 is 0 Å². The number of rotatable bonds is 7. The van der Waals surface area contributed by atoms with E-state index in [1.54, 1.807) is 30.3 Å². The molecule has 0 radical (unpaired) electrons. The van der Waals surface area contributed by atoms with Crippen LogP contribution in [0.25, 0.3) is 0 Å². The molecule has 0 spiro atoms. The Bertz CT molecular complexity index is 501. The SMILES string of the molecule is N[C@@](CCC(=O)O)(C(=O)O)C(=O)OCc1ccccc1. The Kier molecular flexibility index (Phi) is 5.22. The van der Waals surface area contributed by atoms with Crippen molar-refractivity contribution in [2.24, 2.45) is 5.73 Å². The number of ether oxygens (including phenoxy) is 1. The largest absolute Gasteiger partial charge is 0.481 e. The predicted molar refractivity (Wildman–Crippen MR) is 67.7 cm³/mol. The lowest BCUT2D eigenvalue weighted by atomic mass is 9.95. The molecule has 1 atom stereocenters. The Labute approximate surface area is 115 Å². The van der Waals surface area contributed by atoms with Crippen LogP contribution in [0.1, 0.15) is 18.4 Å². The number of nitrogens with two attached hydrogens (primary N) is 1. The Morgan fingerprint density at radius 2 is 1.75 bits per heavy atom. The molecule has 0 saturated heterocycles. The van der Waals surface area contributed by atoms with Gasteiger partial charge in [0, 0.05) is 6.42 Å². The van der Waals surface area contributed by atoms with E-state index in [-0.39, 0.29) is 6.61 Å². The van der Waals surface area contributed by atoms with Gasteiger partial charge in [-0.15, -0.1) is 0 Å². The molecule has 4 N–H and O–H groups in total. The smallest absolute Gasteiger partial charge is 0.338 e. The predicted octanol–water partition coefficient (Wildman–Crippen LogP) is 0.377. The number of hydrogen-bond acceptors (Lipinski definition) is 5. The molecule has 0 bridgehead atoms. The second kappa shape index (κ2) is 6.67. The fourth-order valence-electron chi connectivity index (χ4n) is 1.45. The van der Waals surface area contributed by atoms with E-state index >= 15 is 0 Å². The molecule has 7 heteroatoms. The molecule has 0 aliphatic carbocycles. The molecular weight excluding hydrogens is 266 g/mol. The van der Waals surface area contributed by atoms with Gasteiger partial charge in [0.2, 0.25) is 5.54 Å². The molecule has 0 amide bonds. The van der Waals surface area contributed by atoms with Gasteiger partial charge in [0.05, 0.1) is 0 Å². The molecule has 0 heterocycles. The molecule has 0 fully saturated rings. The minimum absolute atomic E-state index is 0.126. The summed E-state index contributed by atoms with van der Waals surface area (Å²) in [4.78, 5) is 33.3. The van der Waals surface area contributed by atoms with Gasteiger partial charge in [-0.25, -0.2) is 9.59 Å². The lowest BCUT2D eigenvalue weighted by Crippen LogP contribution is -2.56. The molecule has 0 unspecified atom stereocenters. The first kappa shape index (κ1) is 15.6. The van der Waals surface area contributed by atoms with Crippen LogP contribution in [-0.2, 0) is 25.7 Å². The van der Waals surface area contributed by atoms with E-state index < -0.39 is 36.3 Å². The number of benzene rings is 1. The van der Waals surface area contributed by atoms with Crippen LogP contribution in [0, 0.1) is 0 Å². The van der Waals surface area contributed by atoms with Gasteiger partial charge in [0.15, 0.2) is 0 Å². The van der Waals surface area contributed by atoms with Crippen molar-refractivity contribution in [1.29, 1.82) is 0 Å². The standard InChI is InChI=1S/C13H15NO6/c14-13(11(17)18,7-6-10(15)16)12(19)20-8-9-4-2-1-3-5-9/h1-5H,6-8,14H2,(H,15,16)(H,17,18)/t13-/m0/s1. The van der Waals surface area contributed by atoms with Gasteiger partial charge in [-0.2, -0.15) is 0 Å². The summed E-state index contributed by atoms with van der Waals surface area (Å²) in [5.74, 6) is -4.01. The van der Waals surface area contributed by atoms with E-state index in [0.717, 1.165) is 0 Å². The van der Waals surface area contributed by atoms with E-state index in [1.807, 2.05) is 0 Å². The second-order valence-electron chi connectivity index (χ2n) is 4.23. The monoisotopic (exact) mass is 281 g/mol. The van der Waals surface area contributed by atoms with Gasteiger partial charge in [-0.3, -0.25) is 4.79 Å². The van der Waals surface area contributed by atoms with Gasteiger partial charge in [-0.1, -0.05) is 30.3 Å². The number of esters is 1. The van der Waals surface area contributed by atoms with E-state index in [1.165, 1.54) is 0 Å². The van der Waals surface area contributed by atoms with Crippen molar-refractivity contribution < 1.29 is 29.3 Å². The molecule has 0 aliphatic rings. The van der Waals surface area contributed by atoms with Crippen molar-refractivity contribution in [3.8, 4) is 0 Å².